The van der Waals surface area contributed by atoms with E-state index in [0.29, 0.717) is 11.2 Å². The molecule has 2 aromatic carbocycles. The molecule has 1 saturated heterocycles. The van der Waals surface area contributed by atoms with Gasteiger partial charge in [0.05, 0.1) is 17.3 Å². The van der Waals surface area contributed by atoms with Crippen LogP contribution in [0.5, 0.6) is 0 Å². The number of hydrogen-bond donors (Lipinski definition) is 1. The third kappa shape index (κ3) is 5.13. The first-order valence-corrected chi connectivity index (χ1v) is 14.5. The summed E-state index contributed by atoms with van der Waals surface area (Å²) in [6.07, 6.45) is 0.812. The molecule has 158 valence electrons. The summed E-state index contributed by atoms with van der Waals surface area (Å²) in [4.78, 5) is 0. The van der Waals surface area contributed by atoms with Crippen molar-refractivity contribution in [3.8, 4) is 0 Å². The van der Waals surface area contributed by atoms with Gasteiger partial charge in [-0.2, -0.15) is 0 Å². The minimum Gasteiger partial charge on any atom is -0.405 e. The molecule has 0 spiro atoms. The molecule has 3 rings (SSSR count). The van der Waals surface area contributed by atoms with E-state index in [9.17, 15) is 5.11 Å². The normalized spacial score (nSPS) is 18.4. The van der Waals surface area contributed by atoms with Crippen LogP contribution in [0.25, 0.3) is 0 Å². The quantitative estimate of drug-likeness (QED) is 0.621. The van der Waals surface area contributed by atoms with Gasteiger partial charge in [0.2, 0.25) is 0 Å². The van der Waals surface area contributed by atoms with Crippen molar-refractivity contribution >= 4 is 42.2 Å². The highest BCUT2D eigenvalue weighted by molar-refractivity contribution is 8.17. The first kappa shape index (κ1) is 23.0. The maximum Gasteiger partial charge on any atom is 0.261 e. The minimum atomic E-state index is -2.58. The lowest BCUT2D eigenvalue weighted by molar-refractivity contribution is 0.0651. The van der Waals surface area contributed by atoms with Crippen LogP contribution < -0.4 is 10.4 Å². The zero-order valence-electron chi connectivity index (χ0n) is 18.0. The van der Waals surface area contributed by atoms with Gasteiger partial charge in [0.15, 0.2) is 0 Å². The number of aliphatic hydroxyl groups is 1. The maximum atomic E-state index is 11.1. The van der Waals surface area contributed by atoms with Gasteiger partial charge in [-0.25, -0.2) is 0 Å². The molecule has 0 saturated carbocycles. The smallest absolute Gasteiger partial charge is 0.261 e. The van der Waals surface area contributed by atoms with Gasteiger partial charge in [0.1, 0.15) is 0 Å². The van der Waals surface area contributed by atoms with Crippen LogP contribution in [0.15, 0.2) is 60.7 Å². The second kappa shape index (κ2) is 10.1. The monoisotopic (exact) mass is 446 g/mol. The lowest BCUT2D eigenvalue weighted by Gasteiger charge is -2.44. The van der Waals surface area contributed by atoms with E-state index in [-0.39, 0.29) is 11.0 Å². The number of hydrogen-bond acceptors (Lipinski definition) is 4. The Bertz CT molecular complexity index is 703. The predicted molar refractivity (Wildman–Crippen MR) is 132 cm³/mol. The minimum absolute atomic E-state index is 0.0625. The summed E-state index contributed by atoms with van der Waals surface area (Å²) in [6, 6.07) is 21.3. The molecular formula is C24H34O2S2Si. The fourth-order valence-corrected chi connectivity index (χ4v) is 11.9. The maximum absolute atomic E-state index is 11.1. The summed E-state index contributed by atoms with van der Waals surface area (Å²) in [5.74, 6) is 2.61. The standard InChI is InChI=1S/C24H34O2S2Si/c1-19(23-27-16-11-17-28-23)22(25)18-26-29(24(2,3)4,20-12-7-5-8-13-20)21-14-9-6-10-15-21/h5-10,12-15,19,22-23,25H,11,16-18H2,1-4H3/t19-,22+/m0/s1. The van der Waals surface area contributed by atoms with Crippen LogP contribution in [0.1, 0.15) is 34.1 Å². The van der Waals surface area contributed by atoms with Crippen molar-refractivity contribution in [2.24, 2.45) is 5.92 Å². The van der Waals surface area contributed by atoms with Crippen molar-refractivity contribution in [1.82, 2.24) is 0 Å². The molecule has 1 heterocycles. The van der Waals surface area contributed by atoms with Crippen molar-refractivity contribution in [2.45, 2.75) is 49.8 Å². The second-order valence-electron chi connectivity index (χ2n) is 8.86. The average Bonchev–Trinajstić information content (AvgIpc) is 2.74. The van der Waals surface area contributed by atoms with Gasteiger partial charge in [-0.3, -0.25) is 0 Å². The number of benzene rings is 2. The van der Waals surface area contributed by atoms with Crippen molar-refractivity contribution in [3.63, 3.8) is 0 Å². The van der Waals surface area contributed by atoms with E-state index in [4.69, 9.17) is 4.43 Å². The SMILES string of the molecule is C[C@H](C1SCCCS1)[C@H](O)CO[Si](c1ccccc1)(c1ccccc1)C(C)(C)C. The Hall–Kier alpha value is -0.723. The highest BCUT2D eigenvalue weighted by Crippen LogP contribution is 2.39. The fourth-order valence-electron chi connectivity index (χ4n) is 4.11. The summed E-state index contributed by atoms with van der Waals surface area (Å²) < 4.78 is 7.37. The molecule has 1 fully saturated rings. The number of rotatable bonds is 7. The van der Waals surface area contributed by atoms with E-state index in [0.717, 1.165) is 0 Å². The van der Waals surface area contributed by atoms with Crippen LogP contribution in [-0.2, 0) is 4.43 Å². The van der Waals surface area contributed by atoms with E-state index in [1.54, 1.807) is 0 Å². The van der Waals surface area contributed by atoms with E-state index in [1.807, 2.05) is 23.5 Å². The molecule has 2 nitrogen and oxygen atoms in total. The highest BCUT2D eigenvalue weighted by atomic mass is 32.2. The lowest BCUT2D eigenvalue weighted by atomic mass is 10.1. The van der Waals surface area contributed by atoms with Crippen molar-refractivity contribution in [2.75, 3.05) is 18.1 Å². The summed E-state index contributed by atoms with van der Waals surface area (Å²) >= 11 is 3.98. The molecule has 0 amide bonds. The molecule has 2 aromatic rings. The topological polar surface area (TPSA) is 29.5 Å². The molecule has 1 N–H and O–H groups in total. The van der Waals surface area contributed by atoms with Gasteiger partial charge < -0.3 is 9.53 Å². The van der Waals surface area contributed by atoms with Gasteiger partial charge in [0.25, 0.3) is 8.32 Å². The summed E-state index contributed by atoms with van der Waals surface area (Å²) in [5, 5.41) is 13.5. The van der Waals surface area contributed by atoms with Crippen LogP contribution in [0.3, 0.4) is 0 Å². The van der Waals surface area contributed by atoms with Crippen molar-refractivity contribution in [1.29, 1.82) is 0 Å². The first-order valence-electron chi connectivity index (χ1n) is 10.5. The average molecular weight is 447 g/mol. The fraction of sp³-hybridized carbons (Fsp3) is 0.500. The van der Waals surface area contributed by atoms with Crippen LogP contribution in [0, 0.1) is 5.92 Å². The number of aliphatic hydroxyl groups excluding tert-OH is 1. The van der Waals surface area contributed by atoms with E-state index in [1.165, 1.54) is 28.3 Å². The molecule has 0 radical (unpaired) electrons. The van der Waals surface area contributed by atoms with Gasteiger partial charge in [0, 0.05) is 5.92 Å². The molecular weight excluding hydrogens is 412 g/mol. The Morgan fingerprint density at radius 2 is 1.45 bits per heavy atom. The Balaban J connectivity index is 1.91. The Kier molecular flexibility index (Phi) is 7.96. The Morgan fingerprint density at radius 3 is 1.90 bits per heavy atom. The third-order valence-electron chi connectivity index (χ3n) is 5.78. The van der Waals surface area contributed by atoms with Gasteiger partial charge >= 0.3 is 0 Å². The largest absolute Gasteiger partial charge is 0.405 e. The Labute approximate surface area is 186 Å². The molecule has 1 aliphatic heterocycles. The molecule has 5 heteroatoms. The molecule has 0 aromatic heterocycles. The summed E-state index contributed by atoms with van der Waals surface area (Å²) in [5.41, 5.74) is 0. The second-order valence-corrected chi connectivity index (χ2v) is 16.0. The zero-order valence-corrected chi connectivity index (χ0v) is 20.6. The van der Waals surface area contributed by atoms with Gasteiger partial charge in [-0.1, -0.05) is 88.4 Å². The van der Waals surface area contributed by atoms with Crippen LogP contribution in [0.4, 0.5) is 0 Å². The van der Waals surface area contributed by atoms with Crippen molar-refractivity contribution in [3.05, 3.63) is 60.7 Å². The van der Waals surface area contributed by atoms with Crippen LogP contribution >= 0.6 is 23.5 Å². The molecule has 0 bridgehead atoms. The van der Waals surface area contributed by atoms with E-state index in [2.05, 4.69) is 88.4 Å². The highest BCUT2D eigenvalue weighted by Gasteiger charge is 2.50. The lowest BCUT2D eigenvalue weighted by Crippen LogP contribution is -2.67. The van der Waals surface area contributed by atoms with Crippen molar-refractivity contribution < 1.29 is 9.53 Å². The Morgan fingerprint density at radius 1 is 0.966 bits per heavy atom. The van der Waals surface area contributed by atoms with Crippen LogP contribution in [0.2, 0.25) is 5.04 Å². The first-order chi connectivity index (χ1) is 13.9. The van der Waals surface area contributed by atoms with Gasteiger partial charge in [-0.05, 0) is 33.3 Å². The molecule has 0 unspecified atom stereocenters. The summed E-state index contributed by atoms with van der Waals surface area (Å²) in [6.45, 7) is 9.40. The predicted octanol–water partition coefficient (Wildman–Crippen LogP) is 4.76. The molecule has 1 aliphatic rings. The van der Waals surface area contributed by atoms with Crippen LogP contribution in [-0.4, -0.2) is 42.2 Å². The molecule has 29 heavy (non-hydrogen) atoms. The van der Waals surface area contributed by atoms with Gasteiger partial charge in [-0.15, -0.1) is 23.5 Å². The number of thioether (sulfide) groups is 2. The van der Waals surface area contributed by atoms with E-state index < -0.39 is 14.4 Å². The molecule has 2 atom stereocenters. The molecule has 0 aliphatic carbocycles. The zero-order chi connectivity index (χ0) is 20.9. The third-order valence-corrected chi connectivity index (χ3v) is 14.2. The van der Waals surface area contributed by atoms with E-state index >= 15 is 0 Å². The summed E-state index contributed by atoms with van der Waals surface area (Å²) in [7, 11) is -2.58.